The second-order valence-corrected chi connectivity index (χ2v) is 2.09. The Bertz CT molecular complexity index is 299. The molecule has 2 nitrogen and oxygen atoms in total. The first-order valence-electron chi connectivity index (χ1n) is 3.25. The van der Waals surface area contributed by atoms with Gasteiger partial charge in [-0.2, -0.15) is 0 Å². The van der Waals surface area contributed by atoms with Crippen molar-refractivity contribution in [3.05, 3.63) is 35.4 Å². The van der Waals surface area contributed by atoms with Crippen LogP contribution in [0.4, 0.5) is 8.78 Å². The zero-order chi connectivity index (χ0) is 8.97. The average Bonchev–Trinajstić information content (AvgIpc) is 2.07. The number of benzene rings is 1. The first-order valence-corrected chi connectivity index (χ1v) is 3.25. The van der Waals surface area contributed by atoms with E-state index in [1.54, 1.807) is 0 Å². The highest BCUT2D eigenvalue weighted by Crippen LogP contribution is 2.06. The molecule has 4 heteroatoms. The first-order chi connectivity index (χ1) is 5.74. The van der Waals surface area contributed by atoms with Gasteiger partial charge in [-0.3, -0.25) is 0 Å². The van der Waals surface area contributed by atoms with E-state index in [-0.39, 0.29) is 0 Å². The van der Waals surface area contributed by atoms with Gasteiger partial charge in [-0.15, -0.1) is 0 Å². The van der Waals surface area contributed by atoms with E-state index in [4.69, 9.17) is 0 Å². The molecule has 0 unspecified atom stereocenters. The fraction of sp³-hybridized carbons (Fsp3) is 0.125. The molecule has 0 aliphatic rings. The first kappa shape index (κ1) is 8.64. The highest BCUT2D eigenvalue weighted by molar-refractivity contribution is 5.78. The van der Waals surface area contributed by atoms with Crippen molar-refractivity contribution in [2.45, 2.75) is 0 Å². The summed E-state index contributed by atoms with van der Waals surface area (Å²) < 4.78 is 24.9. The molecule has 0 heterocycles. The standard InChI is InChI=1S/C8H7F2NO/c1-12-11-5-6-2-3-7(9)8(10)4-6/h2-5H,1H3. The molecule has 64 valence electrons. The molecule has 0 atom stereocenters. The second kappa shape index (κ2) is 3.80. The zero-order valence-corrected chi connectivity index (χ0v) is 6.42. The Morgan fingerprint density at radius 3 is 2.67 bits per heavy atom. The topological polar surface area (TPSA) is 21.6 Å². The molecule has 0 aliphatic carbocycles. The van der Waals surface area contributed by atoms with Crippen LogP contribution in [0.3, 0.4) is 0 Å². The predicted molar refractivity (Wildman–Crippen MR) is 41.0 cm³/mol. The molecular formula is C8H7F2NO. The molecule has 0 aliphatic heterocycles. The molecule has 1 rings (SSSR count). The normalized spacial score (nSPS) is 10.6. The van der Waals surface area contributed by atoms with Crippen molar-refractivity contribution < 1.29 is 13.6 Å². The number of hydrogen-bond acceptors (Lipinski definition) is 2. The average molecular weight is 171 g/mol. The van der Waals surface area contributed by atoms with Crippen molar-refractivity contribution in [1.82, 2.24) is 0 Å². The van der Waals surface area contributed by atoms with Gasteiger partial charge in [0.2, 0.25) is 0 Å². The van der Waals surface area contributed by atoms with Crippen LogP contribution in [0.5, 0.6) is 0 Å². The number of hydrogen-bond donors (Lipinski definition) is 0. The highest BCUT2D eigenvalue weighted by atomic mass is 19.2. The number of halogens is 2. The largest absolute Gasteiger partial charge is 0.399 e. The molecule has 1 aromatic carbocycles. The Kier molecular flexibility index (Phi) is 2.74. The van der Waals surface area contributed by atoms with Gasteiger partial charge in [-0.25, -0.2) is 8.78 Å². The van der Waals surface area contributed by atoms with E-state index in [1.807, 2.05) is 0 Å². The Hall–Kier alpha value is -1.45. The van der Waals surface area contributed by atoms with Gasteiger partial charge < -0.3 is 4.84 Å². The lowest BCUT2D eigenvalue weighted by Crippen LogP contribution is -1.87. The quantitative estimate of drug-likeness (QED) is 0.492. The minimum atomic E-state index is -0.893. The molecule has 12 heavy (non-hydrogen) atoms. The van der Waals surface area contributed by atoms with Crippen LogP contribution < -0.4 is 0 Å². The number of oxime groups is 1. The van der Waals surface area contributed by atoms with Gasteiger partial charge in [0.05, 0.1) is 6.21 Å². The van der Waals surface area contributed by atoms with Crippen LogP contribution in [-0.2, 0) is 4.84 Å². The van der Waals surface area contributed by atoms with Crippen LogP contribution in [0.2, 0.25) is 0 Å². The summed E-state index contributed by atoms with van der Waals surface area (Å²) in [5.41, 5.74) is 0.454. The molecule has 0 spiro atoms. The predicted octanol–water partition coefficient (Wildman–Crippen LogP) is 1.95. The number of rotatable bonds is 2. The maximum Gasteiger partial charge on any atom is 0.159 e. The Morgan fingerprint density at radius 2 is 2.08 bits per heavy atom. The van der Waals surface area contributed by atoms with E-state index in [1.165, 1.54) is 19.4 Å². The summed E-state index contributed by atoms with van der Waals surface area (Å²) in [6.45, 7) is 0. The lowest BCUT2D eigenvalue weighted by atomic mass is 10.2. The number of nitrogens with zero attached hydrogens (tertiary/aromatic N) is 1. The summed E-state index contributed by atoms with van der Waals surface area (Å²) in [7, 11) is 1.37. The summed E-state index contributed by atoms with van der Waals surface area (Å²) in [6.07, 6.45) is 1.29. The molecule has 0 fully saturated rings. The van der Waals surface area contributed by atoms with Crippen molar-refractivity contribution in [1.29, 1.82) is 0 Å². The van der Waals surface area contributed by atoms with Gasteiger partial charge in [-0.05, 0) is 17.7 Å². The summed E-state index contributed by atoms with van der Waals surface area (Å²) in [5.74, 6) is -1.76. The van der Waals surface area contributed by atoms with Gasteiger partial charge in [0.1, 0.15) is 7.11 Å². The lowest BCUT2D eigenvalue weighted by Gasteiger charge is -1.93. The van der Waals surface area contributed by atoms with Crippen LogP contribution in [0.25, 0.3) is 0 Å². The van der Waals surface area contributed by atoms with Gasteiger partial charge >= 0.3 is 0 Å². The van der Waals surface area contributed by atoms with Crippen molar-refractivity contribution in [3.8, 4) is 0 Å². The van der Waals surface area contributed by atoms with E-state index in [9.17, 15) is 8.78 Å². The minimum absolute atomic E-state index is 0.454. The fourth-order valence-electron chi connectivity index (χ4n) is 0.706. The van der Waals surface area contributed by atoms with Crippen LogP contribution in [-0.4, -0.2) is 13.3 Å². The van der Waals surface area contributed by atoms with Crippen LogP contribution in [0.1, 0.15) is 5.56 Å². The molecule has 0 bridgehead atoms. The third kappa shape index (κ3) is 2.02. The molecule has 0 radical (unpaired) electrons. The summed E-state index contributed by atoms with van der Waals surface area (Å²) in [5, 5.41) is 3.40. The van der Waals surface area contributed by atoms with E-state index < -0.39 is 11.6 Å². The van der Waals surface area contributed by atoms with E-state index >= 15 is 0 Å². The summed E-state index contributed by atoms with van der Waals surface area (Å²) >= 11 is 0. The molecule has 0 amide bonds. The van der Waals surface area contributed by atoms with Crippen LogP contribution >= 0.6 is 0 Å². The van der Waals surface area contributed by atoms with Crippen molar-refractivity contribution in [3.63, 3.8) is 0 Å². The maximum atomic E-state index is 12.5. The monoisotopic (exact) mass is 171 g/mol. The smallest absolute Gasteiger partial charge is 0.159 e. The molecule has 0 saturated heterocycles. The zero-order valence-electron chi connectivity index (χ0n) is 6.42. The maximum absolute atomic E-state index is 12.5. The van der Waals surface area contributed by atoms with Gasteiger partial charge in [0.25, 0.3) is 0 Å². The van der Waals surface area contributed by atoms with Crippen molar-refractivity contribution in [2.75, 3.05) is 7.11 Å². The summed E-state index contributed by atoms with van der Waals surface area (Å²) in [4.78, 5) is 4.37. The third-order valence-corrected chi connectivity index (χ3v) is 1.25. The SMILES string of the molecule is CON=Cc1ccc(F)c(F)c1. The van der Waals surface area contributed by atoms with Crippen molar-refractivity contribution >= 4 is 6.21 Å². The van der Waals surface area contributed by atoms with E-state index in [0.29, 0.717) is 5.56 Å². The fourth-order valence-corrected chi connectivity index (χ4v) is 0.706. The Labute approximate surface area is 68.5 Å². The Morgan fingerprint density at radius 1 is 1.33 bits per heavy atom. The molecule has 1 aromatic rings. The molecule has 0 aromatic heterocycles. The molecule has 0 saturated carbocycles. The second-order valence-electron chi connectivity index (χ2n) is 2.09. The molecule has 0 N–H and O–H groups in total. The van der Waals surface area contributed by atoms with Crippen LogP contribution in [0.15, 0.2) is 23.4 Å². The van der Waals surface area contributed by atoms with Gasteiger partial charge in [0, 0.05) is 0 Å². The minimum Gasteiger partial charge on any atom is -0.399 e. The Balaban J connectivity index is 2.89. The van der Waals surface area contributed by atoms with Crippen LogP contribution in [0, 0.1) is 11.6 Å². The van der Waals surface area contributed by atoms with Crippen molar-refractivity contribution in [2.24, 2.45) is 5.16 Å². The lowest BCUT2D eigenvalue weighted by molar-refractivity contribution is 0.215. The van der Waals surface area contributed by atoms with Gasteiger partial charge in [-0.1, -0.05) is 11.2 Å². The van der Waals surface area contributed by atoms with E-state index in [2.05, 4.69) is 9.99 Å². The van der Waals surface area contributed by atoms with E-state index in [0.717, 1.165) is 12.1 Å². The van der Waals surface area contributed by atoms with Gasteiger partial charge in [0.15, 0.2) is 11.6 Å². The third-order valence-electron chi connectivity index (χ3n) is 1.25. The highest BCUT2D eigenvalue weighted by Gasteiger charge is 1.99. The molecular weight excluding hydrogens is 164 g/mol. The summed E-state index contributed by atoms with van der Waals surface area (Å²) in [6, 6.07) is 3.48.